The van der Waals surface area contributed by atoms with Gasteiger partial charge in [0.1, 0.15) is 6.61 Å². The highest BCUT2D eigenvalue weighted by molar-refractivity contribution is 4.96. The van der Waals surface area contributed by atoms with Crippen molar-refractivity contribution < 1.29 is 9.84 Å². The summed E-state index contributed by atoms with van der Waals surface area (Å²) >= 11 is 0. The molecule has 0 fully saturated rings. The first-order chi connectivity index (χ1) is 5.66. The summed E-state index contributed by atoms with van der Waals surface area (Å²) < 4.78 is 5.26. The van der Waals surface area contributed by atoms with E-state index < -0.39 is 6.10 Å². The zero-order chi connectivity index (χ0) is 9.40. The van der Waals surface area contributed by atoms with Crippen molar-refractivity contribution in [3.63, 3.8) is 0 Å². The van der Waals surface area contributed by atoms with Gasteiger partial charge in [-0.25, -0.2) is 0 Å². The van der Waals surface area contributed by atoms with Gasteiger partial charge >= 0.3 is 0 Å². The first-order valence-corrected chi connectivity index (χ1v) is 4.04. The second-order valence-electron chi connectivity index (χ2n) is 2.57. The Morgan fingerprint density at radius 3 is 2.58 bits per heavy atom. The summed E-state index contributed by atoms with van der Waals surface area (Å²) in [7, 11) is 0. The van der Waals surface area contributed by atoms with Gasteiger partial charge in [0.25, 0.3) is 0 Å². The van der Waals surface area contributed by atoms with Crippen LogP contribution in [0.2, 0.25) is 0 Å². The van der Waals surface area contributed by atoms with Crippen LogP contribution in [0.4, 0.5) is 0 Å². The number of aliphatic hydroxyl groups excluding tert-OH is 1. The highest BCUT2D eigenvalue weighted by Gasteiger charge is 1.94. The van der Waals surface area contributed by atoms with Crippen LogP contribution in [-0.2, 0) is 4.74 Å². The number of hydrogen-bond acceptors (Lipinski definition) is 2. The smallest absolute Gasteiger partial charge is 0.108 e. The molecule has 0 radical (unpaired) electrons. The van der Waals surface area contributed by atoms with Crippen molar-refractivity contribution in [3.05, 3.63) is 12.2 Å². The average molecular weight is 168 g/mol. The molecule has 0 heterocycles. The van der Waals surface area contributed by atoms with Gasteiger partial charge in [0.2, 0.25) is 0 Å². The van der Waals surface area contributed by atoms with E-state index in [4.69, 9.17) is 9.84 Å². The minimum Gasteiger partial charge on any atom is -0.389 e. The molecular weight excluding hydrogens is 152 g/mol. The molecule has 12 heavy (non-hydrogen) atoms. The molecule has 0 rings (SSSR count). The van der Waals surface area contributed by atoms with E-state index in [1.165, 1.54) is 0 Å². The molecule has 0 aromatic heterocycles. The summed E-state index contributed by atoms with van der Waals surface area (Å²) in [6.07, 6.45) is 3.13. The lowest BCUT2D eigenvalue weighted by Gasteiger charge is -2.04. The summed E-state index contributed by atoms with van der Waals surface area (Å²) in [5.74, 6) is 5.54. The Bertz CT molecular complexity index is 184. The number of aliphatic hydroxyl groups is 1. The molecule has 0 aliphatic carbocycles. The quantitative estimate of drug-likeness (QED) is 0.507. The van der Waals surface area contributed by atoms with Gasteiger partial charge < -0.3 is 9.84 Å². The van der Waals surface area contributed by atoms with Crippen molar-refractivity contribution in [2.45, 2.75) is 33.0 Å². The van der Waals surface area contributed by atoms with Gasteiger partial charge in [0, 0.05) is 0 Å². The van der Waals surface area contributed by atoms with Crippen molar-refractivity contribution in [3.8, 4) is 11.8 Å². The maximum absolute atomic E-state index is 8.90. The number of rotatable bonds is 4. The van der Waals surface area contributed by atoms with Crippen LogP contribution < -0.4 is 0 Å². The van der Waals surface area contributed by atoms with Crippen molar-refractivity contribution >= 4 is 0 Å². The van der Waals surface area contributed by atoms with Crippen molar-refractivity contribution in [2.75, 3.05) is 6.61 Å². The number of ether oxygens (including phenoxy) is 1. The Hall–Kier alpha value is -0.780. The van der Waals surface area contributed by atoms with Crippen molar-refractivity contribution in [1.29, 1.82) is 0 Å². The summed E-state index contributed by atoms with van der Waals surface area (Å²) in [5.41, 5.74) is 0. The lowest BCUT2D eigenvalue weighted by Crippen LogP contribution is -2.06. The van der Waals surface area contributed by atoms with E-state index >= 15 is 0 Å². The third-order valence-electron chi connectivity index (χ3n) is 1.26. The molecule has 0 bridgehead atoms. The van der Waals surface area contributed by atoms with Gasteiger partial charge in [-0.05, 0) is 20.8 Å². The van der Waals surface area contributed by atoms with E-state index in [-0.39, 0.29) is 6.10 Å². The normalized spacial score (nSPS) is 15.3. The zero-order valence-electron chi connectivity index (χ0n) is 7.87. The molecular formula is C10H16O2. The Labute approximate surface area is 74.2 Å². The molecule has 1 N–H and O–H groups in total. The average Bonchev–Trinajstić information content (AvgIpc) is 2.01. The molecule has 0 amide bonds. The van der Waals surface area contributed by atoms with E-state index in [0.29, 0.717) is 6.61 Å². The van der Waals surface area contributed by atoms with E-state index in [2.05, 4.69) is 11.8 Å². The first-order valence-electron chi connectivity index (χ1n) is 4.04. The van der Waals surface area contributed by atoms with Crippen LogP contribution in [0.15, 0.2) is 12.2 Å². The van der Waals surface area contributed by atoms with Gasteiger partial charge in [-0.15, -0.1) is 5.92 Å². The van der Waals surface area contributed by atoms with Gasteiger partial charge in [0.15, 0.2) is 0 Å². The van der Waals surface area contributed by atoms with Crippen LogP contribution in [0.25, 0.3) is 0 Å². The summed E-state index contributed by atoms with van der Waals surface area (Å²) in [6.45, 7) is 5.84. The minimum absolute atomic E-state index is 0.0143. The predicted octanol–water partition coefficient (Wildman–Crippen LogP) is 1.35. The van der Waals surface area contributed by atoms with Gasteiger partial charge in [-0.3, -0.25) is 0 Å². The maximum Gasteiger partial charge on any atom is 0.108 e. The van der Waals surface area contributed by atoms with Crippen molar-refractivity contribution in [2.24, 2.45) is 0 Å². The fraction of sp³-hybridized carbons (Fsp3) is 0.600. The monoisotopic (exact) mass is 168 g/mol. The third kappa shape index (κ3) is 7.33. The highest BCUT2D eigenvalue weighted by Crippen LogP contribution is 1.93. The Morgan fingerprint density at radius 1 is 1.42 bits per heavy atom. The van der Waals surface area contributed by atoms with E-state index in [1.807, 2.05) is 13.0 Å². The lowest BCUT2D eigenvalue weighted by atomic mass is 10.3. The Morgan fingerprint density at radius 2 is 2.08 bits per heavy atom. The second kappa shape index (κ2) is 6.90. The molecule has 0 unspecified atom stereocenters. The SMILES string of the molecule is CC#CCO[C@@H](C)C=C[C@H](C)O. The van der Waals surface area contributed by atoms with E-state index in [9.17, 15) is 0 Å². The zero-order valence-corrected chi connectivity index (χ0v) is 7.87. The fourth-order valence-corrected chi connectivity index (χ4v) is 0.618. The largest absolute Gasteiger partial charge is 0.389 e. The molecule has 2 atom stereocenters. The molecule has 0 aliphatic rings. The van der Waals surface area contributed by atoms with Crippen LogP contribution in [0.5, 0.6) is 0 Å². The Kier molecular flexibility index (Phi) is 6.45. The molecule has 0 saturated carbocycles. The van der Waals surface area contributed by atoms with Gasteiger partial charge in [-0.2, -0.15) is 0 Å². The van der Waals surface area contributed by atoms with Crippen LogP contribution in [-0.4, -0.2) is 23.9 Å². The van der Waals surface area contributed by atoms with Crippen LogP contribution in [0.1, 0.15) is 20.8 Å². The van der Waals surface area contributed by atoms with Crippen LogP contribution in [0, 0.1) is 11.8 Å². The topological polar surface area (TPSA) is 29.5 Å². The molecule has 2 nitrogen and oxygen atoms in total. The molecule has 2 heteroatoms. The Balaban J connectivity index is 3.56. The molecule has 0 aromatic rings. The third-order valence-corrected chi connectivity index (χ3v) is 1.26. The minimum atomic E-state index is -0.409. The molecule has 0 aliphatic heterocycles. The van der Waals surface area contributed by atoms with E-state index in [0.717, 1.165) is 0 Å². The van der Waals surface area contributed by atoms with Crippen LogP contribution in [0.3, 0.4) is 0 Å². The summed E-state index contributed by atoms with van der Waals surface area (Å²) in [6, 6.07) is 0. The molecule has 68 valence electrons. The highest BCUT2D eigenvalue weighted by atomic mass is 16.5. The standard InChI is InChI=1S/C10H16O2/c1-4-5-8-12-10(3)7-6-9(2)11/h6-7,9-11H,8H2,1-3H3/t9-,10-/m0/s1. The molecule has 0 saturated heterocycles. The van der Waals surface area contributed by atoms with Gasteiger partial charge in [0.05, 0.1) is 12.2 Å². The number of hydrogen-bond donors (Lipinski definition) is 1. The first kappa shape index (κ1) is 11.2. The maximum atomic E-state index is 8.90. The van der Waals surface area contributed by atoms with Crippen LogP contribution >= 0.6 is 0 Å². The lowest BCUT2D eigenvalue weighted by molar-refractivity contribution is 0.126. The predicted molar refractivity (Wildman–Crippen MR) is 49.7 cm³/mol. The van der Waals surface area contributed by atoms with Gasteiger partial charge in [-0.1, -0.05) is 18.1 Å². The fourth-order valence-electron chi connectivity index (χ4n) is 0.618. The molecule has 0 spiro atoms. The van der Waals surface area contributed by atoms with Crippen molar-refractivity contribution in [1.82, 2.24) is 0 Å². The summed E-state index contributed by atoms with van der Waals surface area (Å²) in [5, 5.41) is 8.90. The van der Waals surface area contributed by atoms with E-state index in [1.54, 1.807) is 19.9 Å². The summed E-state index contributed by atoms with van der Waals surface area (Å²) in [4.78, 5) is 0. The second-order valence-corrected chi connectivity index (χ2v) is 2.57. The molecule has 0 aromatic carbocycles.